The lowest BCUT2D eigenvalue weighted by molar-refractivity contribution is 0.608. The smallest absolute Gasteiger partial charge is 0.225 e. The van der Waals surface area contributed by atoms with Crippen molar-refractivity contribution in [3.8, 4) is 0 Å². The molecule has 1 fully saturated rings. The molecule has 1 aliphatic heterocycles. The summed E-state index contributed by atoms with van der Waals surface area (Å²) in [5, 5.41) is 3.16. The van der Waals surface area contributed by atoms with Crippen molar-refractivity contribution in [2.45, 2.75) is 33.2 Å². The van der Waals surface area contributed by atoms with Gasteiger partial charge >= 0.3 is 0 Å². The first-order valence-corrected chi connectivity index (χ1v) is 7.57. The maximum atomic E-state index is 13.9. The highest BCUT2D eigenvalue weighted by Crippen LogP contribution is 2.22. The molecule has 2 aromatic heterocycles. The van der Waals surface area contributed by atoms with Crippen molar-refractivity contribution < 1.29 is 4.39 Å². The topological polar surface area (TPSA) is 53.9 Å². The average Bonchev–Trinajstić information content (AvgIpc) is 3.02. The molecule has 116 valence electrons. The first kappa shape index (κ1) is 14.7. The Bertz CT molecular complexity index is 668. The zero-order valence-corrected chi connectivity index (χ0v) is 12.9. The fourth-order valence-electron chi connectivity index (χ4n) is 2.68. The standard InChI is InChI=1S/C16H20FN5/c1-11-7-12(2)18-8-13(11)9-19-16-20-10-14(17)15(21-16)22-5-3-4-6-22/h7-8,10H,3-6,9H2,1-2H3,(H,19,20,21). The number of nitrogens with one attached hydrogen (secondary N) is 1. The molecule has 22 heavy (non-hydrogen) atoms. The van der Waals surface area contributed by atoms with Crippen molar-refractivity contribution in [2.75, 3.05) is 23.3 Å². The molecule has 1 saturated heterocycles. The molecule has 1 aliphatic rings. The molecule has 6 heteroatoms. The van der Waals surface area contributed by atoms with E-state index < -0.39 is 0 Å². The summed E-state index contributed by atoms with van der Waals surface area (Å²) in [5.74, 6) is 0.484. The van der Waals surface area contributed by atoms with Gasteiger partial charge in [0.1, 0.15) is 0 Å². The first-order chi connectivity index (χ1) is 10.6. The average molecular weight is 301 g/mol. The van der Waals surface area contributed by atoms with E-state index in [1.54, 1.807) is 0 Å². The van der Waals surface area contributed by atoms with Crippen LogP contribution in [0.2, 0.25) is 0 Å². The second-order valence-electron chi connectivity index (χ2n) is 5.67. The highest BCUT2D eigenvalue weighted by atomic mass is 19.1. The SMILES string of the molecule is Cc1cc(C)c(CNc2ncc(F)c(N3CCCC3)n2)cn1. The van der Waals surface area contributed by atoms with Crippen LogP contribution in [-0.4, -0.2) is 28.0 Å². The molecule has 0 atom stereocenters. The molecule has 3 rings (SSSR count). The number of nitrogens with zero attached hydrogens (tertiary/aromatic N) is 4. The molecule has 0 spiro atoms. The van der Waals surface area contributed by atoms with E-state index in [1.807, 2.05) is 31.0 Å². The fourth-order valence-corrected chi connectivity index (χ4v) is 2.68. The third-order valence-electron chi connectivity index (χ3n) is 3.92. The van der Waals surface area contributed by atoms with Crippen molar-refractivity contribution in [1.82, 2.24) is 15.0 Å². The van der Waals surface area contributed by atoms with Crippen LogP contribution in [-0.2, 0) is 6.54 Å². The van der Waals surface area contributed by atoms with Crippen LogP contribution in [0, 0.1) is 19.7 Å². The van der Waals surface area contributed by atoms with E-state index in [2.05, 4.69) is 20.3 Å². The Morgan fingerprint density at radius 3 is 2.68 bits per heavy atom. The Balaban J connectivity index is 1.73. The van der Waals surface area contributed by atoms with Crippen LogP contribution in [0.25, 0.3) is 0 Å². The molecule has 5 nitrogen and oxygen atoms in total. The van der Waals surface area contributed by atoms with Gasteiger partial charge in [0.2, 0.25) is 5.95 Å². The summed E-state index contributed by atoms with van der Waals surface area (Å²) in [5.41, 5.74) is 3.25. The third kappa shape index (κ3) is 3.16. The lowest BCUT2D eigenvalue weighted by Crippen LogP contribution is -2.21. The van der Waals surface area contributed by atoms with Gasteiger partial charge in [0.05, 0.1) is 6.20 Å². The second kappa shape index (κ2) is 6.25. The number of aromatic nitrogens is 3. The van der Waals surface area contributed by atoms with E-state index in [-0.39, 0.29) is 5.82 Å². The van der Waals surface area contributed by atoms with Gasteiger partial charge in [0, 0.05) is 31.5 Å². The molecule has 0 bridgehead atoms. The van der Waals surface area contributed by atoms with E-state index in [1.165, 1.54) is 11.8 Å². The molecule has 0 unspecified atom stereocenters. The van der Waals surface area contributed by atoms with Gasteiger partial charge in [0.25, 0.3) is 0 Å². The van der Waals surface area contributed by atoms with Gasteiger partial charge in [-0.25, -0.2) is 9.37 Å². The zero-order chi connectivity index (χ0) is 15.5. The molecule has 1 N–H and O–H groups in total. The molecule has 0 saturated carbocycles. The maximum absolute atomic E-state index is 13.9. The van der Waals surface area contributed by atoms with Gasteiger partial charge in [-0.15, -0.1) is 0 Å². The summed E-state index contributed by atoms with van der Waals surface area (Å²) in [6.45, 7) is 6.30. The van der Waals surface area contributed by atoms with Gasteiger partial charge < -0.3 is 10.2 Å². The Morgan fingerprint density at radius 1 is 1.18 bits per heavy atom. The number of aryl methyl sites for hydroxylation is 2. The van der Waals surface area contributed by atoms with Gasteiger partial charge in [-0.1, -0.05) is 0 Å². The summed E-state index contributed by atoms with van der Waals surface area (Å²) in [7, 11) is 0. The molecular weight excluding hydrogens is 281 g/mol. The second-order valence-corrected chi connectivity index (χ2v) is 5.67. The lowest BCUT2D eigenvalue weighted by atomic mass is 10.1. The predicted octanol–water partition coefficient (Wildman–Crippen LogP) is 2.84. The number of pyridine rings is 1. The van der Waals surface area contributed by atoms with Crippen LogP contribution in [0.5, 0.6) is 0 Å². The van der Waals surface area contributed by atoms with E-state index >= 15 is 0 Å². The summed E-state index contributed by atoms with van der Waals surface area (Å²) in [6, 6.07) is 2.04. The minimum absolute atomic E-state index is 0.361. The minimum atomic E-state index is -0.361. The maximum Gasteiger partial charge on any atom is 0.225 e. The lowest BCUT2D eigenvalue weighted by Gasteiger charge is -2.17. The number of hydrogen-bond acceptors (Lipinski definition) is 5. The first-order valence-electron chi connectivity index (χ1n) is 7.57. The van der Waals surface area contributed by atoms with Gasteiger partial charge in [-0.2, -0.15) is 4.98 Å². The van der Waals surface area contributed by atoms with E-state index in [9.17, 15) is 4.39 Å². The van der Waals surface area contributed by atoms with E-state index in [0.717, 1.165) is 37.2 Å². The Kier molecular flexibility index (Phi) is 4.18. The van der Waals surface area contributed by atoms with Crippen LogP contribution >= 0.6 is 0 Å². The van der Waals surface area contributed by atoms with Gasteiger partial charge in [0.15, 0.2) is 11.6 Å². The fraction of sp³-hybridized carbons (Fsp3) is 0.438. The summed E-state index contributed by atoms with van der Waals surface area (Å²) in [4.78, 5) is 14.6. The molecule has 3 heterocycles. The summed E-state index contributed by atoms with van der Waals surface area (Å²) >= 11 is 0. The molecule has 0 aromatic carbocycles. The number of halogens is 1. The van der Waals surface area contributed by atoms with Crippen molar-refractivity contribution in [2.24, 2.45) is 0 Å². The van der Waals surface area contributed by atoms with Gasteiger partial charge in [-0.05, 0) is 43.9 Å². The number of anilines is 2. The van der Waals surface area contributed by atoms with Crippen molar-refractivity contribution in [1.29, 1.82) is 0 Å². The number of rotatable bonds is 4. The Labute approximate surface area is 129 Å². The van der Waals surface area contributed by atoms with Crippen molar-refractivity contribution in [3.63, 3.8) is 0 Å². The van der Waals surface area contributed by atoms with Crippen LogP contribution in [0.3, 0.4) is 0 Å². The molecular formula is C16H20FN5. The summed E-state index contributed by atoms with van der Waals surface area (Å²) in [6.07, 6.45) is 5.26. The zero-order valence-electron chi connectivity index (χ0n) is 12.9. The largest absolute Gasteiger partial charge is 0.354 e. The Hall–Kier alpha value is -2.24. The molecule has 2 aromatic rings. The quantitative estimate of drug-likeness (QED) is 0.941. The van der Waals surface area contributed by atoms with E-state index in [0.29, 0.717) is 18.3 Å². The summed E-state index contributed by atoms with van der Waals surface area (Å²) < 4.78 is 13.9. The molecule has 0 radical (unpaired) electrons. The van der Waals surface area contributed by atoms with Crippen molar-refractivity contribution >= 4 is 11.8 Å². The van der Waals surface area contributed by atoms with E-state index in [4.69, 9.17) is 0 Å². The van der Waals surface area contributed by atoms with Gasteiger partial charge in [-0.3, -0.25) is 4.98 Å². The highest BCUT2D eigenvalue weighted by molar-refractivity contribution is 5.45. The van der Waals surface area contributed by atoms with Crippen LogP contribution in [0.15, 0.2) is 18.5 Å². The molecule has 0 amide bonds. The van der Waals surface area contributed by atoms with Crippen molar-refractivity contribution in [3.05, 3.63) is 41.1 Å². The predicted molar refractivity (Wildman–Crippen MR) is 84.5 cm³/mol. The molecule has 0 aliphatic carbocycles. The normalized spacial score (nSPS) is 14.4. The minimum Gasteiger partial charge on any atom is -0.354 e. The van der Waals surface area contributed by atoms with Crippen LogP contribution in [0.1, 0.15) is 29.7 Å². The monoisotopic (exact) mass is 301 g/mol. The number of hydrogen-bond donors (Lipinski definition) is 1. The highest BCUT2D eigenvalue weighted by Gasteiger charge is 2.18. The van der Waals surface area contributed by atoms with Crippen LogP contribution in [0.4, 0.5) is 16.2 Å². The third-order valence-corrected chi connectivity index (χ3v) is 3.92. The van der Waals surface area contributed by atoms with Crippen LogP contribution < -0.4 is 10.2 Å². The Morgan fingerprint density at radius 2 is 1.95 bits per heavy atom.